The summed E-state index contributed by atoms with van der Waals surface area (Å²) < 4.78 is 17.1. The maximum absolute atomic E-state index is 12.7. The van der Waals surface area contributed by atoms with Crippen molar-refractivity contribution in [2.45, 2.75) is 58.2 Å². The number of aliphatic hydroxyl groups is 1. The van der Waals surface area contributed by atoms with E-state index < -0.39 is 29.1 Å². The first-order valence-electron chi connectivity index (χ1n) is 8.90. The minimum absolute atomic E-state index is 0.104. The van der Waals surface area contributed by atoms with Crippen LogP contribution in [0.3, 0.4) is 0 Å². The molecule has 6 nitrogen and oxygen atoms in total. The first-order chi connectivity index (χ1) is 11.7. The highest BCUT2D eigenvalue weighted by atomic mass is 16.6. The molecule has 3 fully saturated rings. The highest BCUT2D eigenvalue weighted by Gasteiger charge is 2.78. The van der Waals surface area contributed by atoms with E-state index in [-0.39, 0.29) is 36.0 Å². The SMILES string of the molecule is CC(C)C1OC(=O)C=C2C1=CC1OC(=O)C3(C)C(O)C4OC4C2(C)C13. The number of ether oxygens (including phenoxy) is 3. The molecule has 0 bridgehead atoms. The van der Waals surface area contributed by atoms with Gasteiger partial charge in [0, 0.05) is 17.4 Å². The molecule has 8 unspecified atom stereocenters. The van der Waals surface area contributed by atoms with Crippen molar-refractivity contribution in [1.29, 1.82) is 0 Å². The van der Waals surface area contributed by atoms with Crippen molar-refractivity contribution in [3.05, 3.63) is 23.3 Å². The van der Waals surface area contributed by atoms with Crippen LogP contribution in [-0.2, 0) is 23.8 Å². The number of hydrogen-bond acceptors (Lipinski definition) is 6. The van der Waals surface area contributed by atoms with Crippen molar-refractivity contribution in [3.8, 4) is 0 Å². The van der Waals surface area contributed by atoms with Gasteiger partial charge in [0.05, 0.1) is 12.2 Å². The Balaban J connectivity index is 1.75. The molecule has 25 heavy (non-hydrogen) atoms. The molecule has 6 heteroatoms. The number of rotatable bonds is 1. The molecular weight excluding hydrogens is 324 g/mol. The number of fused-ring (bicyclic) bond motifs is 4. The Bertz CT molecular complexity index is 766. The average molecular weight is 346 g/mol. The van der Waals surface area contributed by atoms with Crippen LogP contribution in [0, 0.1) is 22.7 Å². The van der Waals surface area contributed by atoms with Gasteiger partial charge in [0.25, 0.3) is 0 Å². The van der Waals surface area contributed by atoms with E-state index in [0.717, 1.165) is 11.1 Å². The maximum Gasteiger partial charge on any atom is 0.331 e. The van der Waals surface area contributed by atoms with E-state index in [0.29, 0.717) is 0 Å². The van der Waals surface area contributed by atoms with Crippen LogP contribution in [0.2, 0.25) is 0 Å². The fourth-order valence-electron chi connectivity index (χ4n) is 5.77. The van der Waals surface area contributed by atoms with Crippen LogP contribution >= 0.6 is 0 Å². The smallest absolute Gasteiger partial charge is 0.331 e. The zero-order valence-corrected chi connectivity index (χ0v) is 14.7. The monoisotopic (exact) mass is 346 g/mol. The third-order valence-electron chi connectivity index (χ3n) is 7.00. The predicted molar refractivity (Wildman–Crippen MR) is 85.1 cm³/mol. The van der Waals surface area contributed by atoms with Gasteiger partial charge in [0.15, 0.2) is 0 Å². The fourth-order valence-corrected chi connectivity index (χ4v) is 5.77. The summed E-state index contributed by atoms with van der Waals surface area (Å²) >= 11 is 0. The summed E-state index contributed by atoms with van der Waals surface area (Å²) in [5, 5.41) is 10.7. The Morgan fingerprint density at radius 2 is 1.88 bits per heavy atom. The van der Waals surface area contributed by atoms with E-state index in [2.05, 4.69) is 0 Å². The van der Waals surface area contributed by atoms with Crippen molar-refractivity contribution < 1.29 is 28.9 Å². The molecule has 8 atom stereocenters. The fraction of sp³-hybridized carbons (Fsp3) is 0.684. The number of esters is 2. The standard InChI is InChI=1S/C19H22O6/c1-7(2)12-8-5-10-14-18(3,9(8)6-11(20)24-12)16-13(25-16)15(21)19(14,4)17(22)23-10/h5-7,10,12-16,21H,1-4H3. The Hall–Kier alpha value is -1.66. The molecule has 1 saturated carbocycles. The molecule has 0 radical (unpaired) electrons. The number of carbonyl (C=O) groups excluding carboxylic acids is 2. The van der Waals surface area contributed by atoms with Crippen LogP contribution in [0.15, 0.2) is 23.3 Å². The third kappa shape index (κ3) is 1.59. The van der Waals surface area contributed by atoms with E-state index >= 15 is 0 Å². The molecule has 2 aliphatic carbocycles. The van der Waals surface area contributed by atoms with Crippen LogP contribution in [0.1, 0.15) is 27.7 Å². The highest BCUT2D eigenvalue weighted by Crippen LogP contribution is 2.69. The largest absolute Gasteiger partial charge is 0.457 e. The first kappa shape index (κ1) is 15.6. The summed E-state index contributed by atoms with van der Waals surface area (Å²) in [6.07, 6.45) is 1.17. The molecule has 0 aromatic heterocycles. The van der Waals surface area contributed by atoms with Crippen molar-refractivity contribution >= 4 is 11.9 Å². The van der Waals surface area contributed by atoms with Crippen molar-refractivity contribution in [2.75, 3.05) is 0 Å². The minimum atomic E-state index is -1.03. The van der Waals surface area contributed by atoms with Gasteiger partial charge in [-0.3, -0.25) is 4.79 Å². The van der Waals surface area contributed by atoms with Crippen molar-refractivity contribution in [1.82, 2.24) is 0 Å². The Kier molecular flexibility index (Phi) is 2.71. The summed E-state index contributed by atoms with van der Waals surface area (Å²) in [6.45, 7) is 7.81. The van der Waals surface area contributed by atoms with Gasteiger partial charge in [-0.2, -0.15) is 0 Å². The molecule has 5 aliphatic rings. The minimum Gasteiger partial charge on any atom is -0.457 e. The molecule has 3 aliphatic heterocycles. The molecule has 0 aromatic carbocycles. The van der Waals surface area contributed by atoms with Crippen molar-refractivity contribution in [2.24, 2.45) is 22.7 Å². The van der Waals surface area contributed by atoms with Crippen LogP contribution in [0.5, 0.6) is 0 Å². The van der Waals surface area contributed by atoms with E-state index in [4.69, 9.17) is 14.2 Å². The third-order valence-corrected chi connectivity index (χ3v) is 7.00. The first-order valence-corrected chi connectivity index (χ1v) is 8.90. The number of aliphatic hydroxyl groups excluding tert-OH is 1. The lowest BCUT2D eigenvalue weighted by Gasteiger charge is -2.52. The molecule has 1 N–H and O–H groups in total. The second-order valence-corrected chi connectivity index (χ2v) is 8.66. The summed E-state index contributed by atoms with van der Waals surface area (Å²) in [5.74, 6) is -0.909. The van der Waals surface area contributed by atoms with Crippen LogP contribution < -0.4 is 0 Å². The molecule has 2 saturated heterocycles. The molecule has 0 spiro atoms. The van der Waals surface area contributed by atoms with E-state index in [1.807, 2.05) is 26.8 Å². The Labute approximate surface area is 145 Å². The summed E-state index contributed by atoms with van der Waals surface area (Å²) in [7, 11) is 0. The maximum atomic E-state index is 12.7. The van der Waals surface area contributed by atoms with Gasteiger partial charge in [0.1, 0.15) is 23.7 Å². The average Bonchev–Trinajstić information content (AvgIpc) is 3.29. The van der Waals surface area contributed by atoms with Gasteiger partial charge in [-0.25, -0.2) is 4.79 Å². The van der Waals surface area contributed by atoms with E-state index in [9.17, 15) is 14.7 Å². The van der Waals surface area contributed by atoms with Gasteiger partial charge in [-0.15, -0.1) is 0 Å². The molecule has 5 rings (SSSR count). The predicted octanol–water partition coefficient (Wildman–Crippen LogP) is 1.13. The molecule has 134 valence electrons. The lowest BCUT2D eigenvalue weighted by molar-refractivity contribution is -0.154. The van der Waals surface area contributed by atoms with Crippen LogP contribution in [0.25, 0.3) is 0 Å². The van der Waals surface area contributed by atoms with Crippen LogP contribution in [0.4, 0.5) is 0 Å². The summed E-state index contributed by atoms with van der Waals surface area (Å²) in [5.41, 5.74) is 0.203. The lowest BCUT2D eigenvalue weighted by atomic mass is 9.48. The number of carbonyl (C=O) groups is 2. The molecule has 0 amide bonds. The molecular formula is C19H22O6. The quantitative estimate of drug-likeness (QED) is 0.566. The summed E-state index contributed by atoms with van der Waals surface area (Å²) in [4.78, 5) is 24.9. The van der Waals surface area contributed by atoms with E-state index in [1.165, 1.54) is 0 Å². The zero-order chi connectivity index (χ0) is 17.9. The summed E-state index contributed by atoms with van der Waals surface area (Å²) in [6, 6.07) is 0. The second-order valence-electron chi connectivity index (χ2n) is 8.66. The lowest BCUT2D eigenvalue weighted by Crippen LogP contribution is -2.60. The van der Waals surface area contributed by atoms with Crippen molar-refractivity contribution in [3.63, 3.8) is 0 Å². The van der Waals surface area contributed by atoms with Gasteiger partial charge in [0.2, 0.25) is 0 Å². The van der Waals surface area contributed by atoms with Gasteiger partial charge < -0.3 is 19.3 Å². The zero-order valence-electron chi connectivity index (χ0n) is 14.7. The van der Waals surface area contributed by atoms with Gasteiger partial charge >= 0.3 is 11.9 Å². The Morgan fingerprint density at radius 1 is 1.16 bits per heavy atom. The molecule has 0 aromatic rings. The number of epoxide rings is 1. The van der Waals surface area contributed by atoms with E-state index in [1.54, 1.807) is 13.0 Å². The number of cyclic esters (lactones) is 1. The van der Waals surface area contributed by atoms with Gasteiger partial charge in [-0.05, 0) is 30.1 Å². The topological polar surface area (TPSA) is 85.4 Å². The highest BCUT2D eigenvalue weighted by molar-refractivity contribution is 5.88. The second kappa shape index (κ2) is 4.35. The normalized spacial score (nSPS) is 52.4. The number of hydrogen-bond donors (Lipinski definition) is 1. The Morgan fingerprint density at radius 3 is 2.56 bits per heavy atom. The van der Waals surface area contributed by atoms with Gasteiger partial charge in [-0.1, -0.05) is 20.8 Å². The van der Waals surface area contributed by atoms with Crippen LogP contribution in [-0.4, -0.2) is 47.6 Å². The molecule has 3 heterocycles.